The zero-order valence-electron chi connectivity index (χ0n) is 6.38. The van der Waals surface area contributed by atoms with E-state index >= 15 is 0 Å². The fraction of sp³-hybridized carbons (Fsp3) is 0.714. The molecular formula is C7H11ClO3. The number of methoxy groups -OCH3 is 1. The van der Waals surface area contributed by atoms with Crippen molar-refractivity contribution in [3.63, 3.8) is 0 Å². The molecule has 0 rings (SSSR count). The lowest BCUT2D eigenvalue weighted by Gasteiger charge is -1.99. The van der Waals surface area contributed by atoms with Crippen LogP contribution in [0.5, 0.6) is 0 Å². The molecule has 0 aliphatic heterocycles. The molecule has 0 saturated heterocycles. The summed E-state index contributed by atoms with van der Waals surface area (Å²) in [6.07, 6.45) is 2.12. The van der Waals surface area contributed by atoms with Crippen molar-refractivity contribution in [2.24, 2.45) is 0 Å². The van der Waals surface area contributed by atoms with Gasteiger partial charge in [-0.05, 0) is 12.8 Å². The number of carbonyl (C=O) groups is 2. The predicted molar refractivity (Wildman–Crippen MR) is 41.6 cm³/mol. The molecule has 0 aromatic heterocycles. The van der Waals surface area contributed by atoms with Crippen LogP contribution in [-0.2, 0) is 14.3 Å². The summed E-state index contributed by atoms with van der Waals surface area (Å²) in [5.41, 5.74) is 0. The van der Waals surface area contributed by atoms with Crippen molar-refractivity contribution in [2.45, 2.75) is 24.6 Å². The topological polar surface area (TPSA) is 43.4 Å². The zero-order valence-corrected chi connectivity index (χ0v) is 7.13. The number of hydrogen-bond acceptors (Lipinski definition) is 3. The number of halogens is 1. The van der Waals surface area contributed by atoms with E-state index in [9.17, 15) is 9.59 Å². The van der Waals surface area contributed by atoms with Gasteiger partial charge in [0.2, 0.25) is 0 Å². The second kappa shape index (κ2) is 6.16. The Balaban J connectivity index is 3.26. The van der Waals surface area contributed by atoms with Crippen LogP contribution in [0.2, 0.25) is 0 Å². The molecule has 11 heavy (non-hydrogen) atoms. The van der Waals surface area contributed by atoms with E-state index in [0.29, 0.717) is 25.5 Å². The Labute approximate surface area is 70.7 Å². The maximum absolute atomic E-state index is 10.5. The number of aldehydes is 1. The van der Waals surface area contributed by atoms with E-state index in [1.807, 2.05) is 0 Å². The van der Waals surface area contributed by atoms with Gasteiger partial charge in [-0.3, -0.25) is 4.79 Å². The molecule has 0 aliphatic carbocycles. The van der Waals surface area contributed by atoms with Crippen LogP contribution in [0.1, 0.15) is 19.3 Å². The summed E-state index contributed by atoms with van der Waals surface area (Å²) >= 11 is 5.47. The Bertz CT molecular complexity index is 136. The average molecular weight is 179 g/mol. The molecule has 0 fully saturated rings. The molecule has 0 aromatic carbocycles. The third kappa shape index (κ3) is 5.85. The van der Waals surface area contributed by atoms with Crippen molar-refractivity contribution in [2.75, 3.05) is 7.11 Å². The molecule has 4 heteroatoms. The molecule has 0 N–H and O–H groups in total. The Hall–Kier alpha value is -0.570. The number of carbonyl (C=O) groups excluding carboxylic acids is 2. The van der Waals surface area contributed by atoms with Crippen molar-refractivity contribution >= 4 is 23.9 Å². The molecule has 64 valence electrons. The first-order valence-corrected chi connectivity index (χ1v) is 3.80. The van der Waals surface area contributed by atoms with Crippen LogP contribution in [0.3, 0.4) is 0 Å². The summed E-state index contributed by atoms with van der Waals surface area (Å²) < 4.78 is 4.40. The molecule has 0 radical (unpaired) electrons. The Morgan fingerprint density at radius 1 is 1.73 bits per heavy atom. The van der Waals surface area contributed by atoms with E-state index in [1.54, 1.807) is 0 Å². The van der Waals surface area contributed by atoms with Crippen molar-refractivity contribution in [3.05, 3.63) is 0 Å². The standard InChI is InChI=1S/C7H11ClO3/c1-11-7(10)4-2-3-6(8)5-9/h5-6H,2-4H2,1H3. The third-order valence-electron chi connectivity index (χ3n) is 1.24. The second-order valence-electron chi connectivity index (χ2n) is 2.12. The highest BCUT2D eigenvalue weighted by Gasteiger charge is 2.04. The Morgan fingerprint density at radius 3 is 2.82 bits per heavy atom. The predicted octanol–water partition coefficient (Wildman–Crippen LogP) is 1.14. The van der Waals surface area contributed by atoms with E-state index in [4.69, 9.17) is 11.6 Å². The van der Waals surface area contributed by atoms with Crippen molar-refractivity contribution in [1.29, 1.82) is 0 Å². The van der Waals surface area contributed by atoms with Crippen LogP contribution in [0.4, 0.5) is 0 Å². The van der Waals surface area contributed by atoms with Crippen molar-refractivity contribution < 1.29 is 14.3 Å². The van der Waals surface area contributed by atoms with Gasteiger partial charge in [-0.2, -0.15) is 0 Å². The van der Waals surface area contributed by atoms with E-state index in [1.165, 1.54) is 7.11 Å². The largest absolute Gasteiger partial charge is 0.469 e. The van der Waals surface area contributed by atoms with Crippen LogP contribution in [0.25, 0.3) is 0 Å². The molecule has 0 aromatic rings. The summed E-state index contributed by atoms with van der Waals surface area (Å²) in [5.74, 6) is -0.264. The first-order valence-electron chi connectivity index (χ1n) is 3.37. The van der Waals surface area contributed by atoms with Crippen LogP contribution >= 0.6 is 11.6 Å². The summed E-state index contributed by atoms with van der Waals surface area (Å²) in [6.45, 7) is 0. The summed E-state index contributed by atoms with van der Waals surface area (Å²) in [6, 6.07) is 0. The monoisotopic (exact) mass is 178 g/mol. The maximum Gasteiger partial charge on any atom is 0.305 e. The fourth-order valence-corrected chi connectivity index (χ4v) is 0.766. The highest BCUT2D eigenvalue weighted by Crippen LogP contribution is 2.05. The number of alkyl halides is 1. The van der Waals surface area contributed by atoms with Gasteiger partial charge in [0, 0.05) is 6.42 Å². The quantitative estimate of drug-likeness (QED) is 0.360. The number of ether oxygens (including phenoxy) is 1. The lowest BCUT2D eigenvalue weighted by molar-refractivity contribution is -0.140. The van der Waals surface area contributed by atoms with Gasteiger partial charge in [-0.1, -0.05) is 0 Å². The minimum atomic E-state index is -0.473. The third-order valence-corrected chi connectivity index (χ3v) is 1.56. The van der Waals surface area contributed by atoms with Gasteiger partial charge in [0.15, 0.2) is 0 Å². The molecule has 0 amide bonds. The van der Waals surface area contributed by atoms with Crippen molar-refractivity contribution in [3.8, 4) is 0 Å². The molecule has 0 bridgehead atoms. The number of esters is 1. The van der Waals surface area contributed by atoms with Crippen molar-refractivity contribution in [1.82, 2.24) is 0 Å². The number of rotatable bonds is 5. The van der Waals surface area contributed by atoms with E-state index in [-0.39, 0.29) is 5.97 Å². The molecule has 3 nitrogen and oxygen atoms in total. The van der Waals surface area contributed by atoms with Gasteiger partial charge in [0.05, 0.1) is 12.5 Å². The SMILES string of the molecule is COC(=O)CCCC(Cl)C=O. The molecule has 0 saturated carbocycles. The minimum absolute atomic E-state index is 0.264. The molecule has 0 spiro atoms. The van der Waals surface area contributed by atoms with Crippen LogP contribution in [0, 0.1) is 0 Å². The Kier molecular flexibility index (Phi) is 5.84. The first kappa shape index (κ1) is 10.4. The molecule has 0 aliphatic rings. The lowest BCUT2D eigenvalue weighted by atomic mass is 10.2. The summed E-state index contributed by atoms with van der Waals surface area (Å²) in [5, 5.41) is -0.473. The molecule has 0 heterocycles. The first-order chi connectivity index (χ1) is 5.20. The Morgan fingerprint density at radius 2 is 2.36 bits per heavy atom. The molecule has 1 unspecified atom stereocenters. The second-order valence-corrected chi connectivity index (χ2v) is 2.68. The van der Waals surface area contributed by atoms with Gasteiger partial charge >= 0.3 is 5.97 Å². The van der Waals surface area contributed by atoms with Gasteiger partial charge in [-0.15, -0.1) is 11.6 Å². The maximum atomic E-state index is 10.5. The van der Waals surface area contributed by atoms with E-state index < -0.39 is 5.38 Å². The van der Waals surface area contributed by atoms with E-state index in [2.05, 4.69) is 4.74 Å². The van der Waals surface area contributed by atoms with Crippen LogP contribution in [0.15, 0.2) is 0 Å². The molecule has 1 atom stereocenters. The normalized spacial score (nSPS) is 12.2. The zero-order chi connectivity index (χ0) is 8.69. The molecular weight excluding hydrogens is 168 g/mol. The minimum Gasteiger partial charge on any atom is -0.469 e. The van der Waals surface area contributed by atoms with Gasteiger partial charge < -0.3 is 9.53 Å². The van der Waals surface area contributed by atoms with Crippen LogP contribution < -0.4 is 0 Å². The van der Waals surface area contributed by atoms with Crippen LogP contribution in [-0.4, -0.2) is 24.7 Å². The highest BCUT2D eigenvalue weighted by atomic mass is 35.5. The van der Waals surface area contributed by atoms with Gasteiger partial charge in [-0.25, -0.2) is 0 Å². The lowest BCUT2D eigenvalue weighted by Crippen LogP contribution is -2.04. The van der Waals surface area contributed by atoms with Gasteiger partial charge in [0.1, 0.15) is 6.29 Å². The fourth-order valence-electron chi connectivity index (χ4n) is 0.612. The summed E-state index contributed by atoms with van der Waals surface area (Å²) in [7, 11) is 1.33. The summed E-state index contributed by atoms with van der Waals surface area (Å²) in [4.78, 5) is 20.5. The highest BCUT2D eigenvalue weighted by molar-refractivity contribution is 6.27. The van der Waals surface area contributed by atoms with E-state index in [0.717, 1.165) is 0 Å². The van der Waals surface area contributed by atoms with Gasteiger partial charge in [0.25, 0.3) is 0 Å². The smallest absolute Gasteiger partial charge is 0.305 e. The number of hydrogen-bond donors (Lipinski definition) is 0. The average Bonchev–Trinajstić information content (AvgIpc) is 2.04.